The topological polar surface area (TPSA) is 61.4 Å². The Morgan fingerprint density at radius 3 is 2.57 bits per heavy atom. The van der Waals surface area contributed by atoms with E-state index >= 15 is 0 Å². The quantitative estimate of drug-likeness (QED) is 0.726. The van der Waals surface area contributed by atoms with Gasteiger partial charge in [-0.1, -0.05) is 19.8 Å². The summed E-state index contributed by atoms with van der Waals surface area (Å²) in [4.78, 5) is 26.3. The third-order valence-corrected chi connectivity index (χ3v) is 4.62. The van der Waals surface area contributed by atoms with Crippen molar-refractivity contribution in [2.75, 3.05) is 26.2 Å². The summed E-state index contributed by atoms with van der Waals surface area (Å²) < 4.78 is 0. The van der Waals surface area contributed by atoms with Crippen LogP contribution in [-0.2, 0) is 9.59 Å². The van der Waals surface area contributed by atoms with Gasteiger partial charge in [-0.15, -0.1) is 0 Å². The van der Waals surface area contributed by atoms with Crippen LogP contribution >= 0.6 is 0 Å². The molecule has 0 aliphatic carbocycles. The van der Waals surface area contributed by atoms with E-state index in [-0.39, 0.29) is 23.8 Å². The minimum atomic E-state index is 0.0180. The van der Waals surface area contributed by atoms with Gasteiger partial charge in [0.1, 0.15) is 0 Å². The molecule has 2 fully saturated rings. The summed E-state index contributed by atoms with van der Waals surface area (Å²) in [7, 11) is 0. The third kappa shape index (κ3) is 4.70. The monoisotopic (exact) mass is 295 g/mol. The van der Waals surface area contributed by atoms with Gasteiger partial charge in [0, 0.05) is 25.6 Å². The molecule has 2 N–H and O–H groups in total. The van der Waals surface area contributed by atoms with Gasteiger partial charge in [-0.3, -0.25) is 9.59 Å². The Bertz CT molecular complexity index is 345. The average molecular weight is 295 g/mol. The Morgan fingerprint density at radius 2 is 1.95 bits per heavy atom. The highest BCUT2D eigenvalue weighted by Crippen LogP contribution is 2.19. The molecule has 5 nitrogen and oxygen atoms in total. The highest BCUT2D eigenvalue weighted by Gasteiger charge is 2.31. The molecule has 2 aliphatic rings. The first kappa shape index (κ1) is 16.3. The summed E-state index contributed by atoms with van der Waals surface area (Å²) in [5, 5.41) is 6.29. The van der Waals surface area contributed by atoms with Crippen LogP contribution in [0.1, 0.15) is 51.9 Å². The molecule has 2 heterocycles. The number of likely N-dealkylation sites (tertiary alicyclic amines) is 1. The van der Waals surface area contributed by atoms with Crippen molar-refractivity contribution in [3.8, 4) is 0 Å². The molecule has 5 heteroatoms. The molecule has 1 atom stereocenters. The number of rotatable bonds is 6. The highest BCUT2D eigenvalue weighted by molar-refractivity contribution is 5.83. The fourth-order valence-electron chi connectivity index (χ4n) is 3.21. The SMILES string of the molecule is CCCCCNC(=O)C1CCN(C(=O)C2CCCN2)CC1. The molecule has 2 rings (SSSR count). The summed E-state index contributed by atoms with van der Waals surface area (Å²) in [5.41, 5.74) is 0. The van der Waals surface area contributed by atoms with E-state index in [1.54, 1.807) is 0 Å². The molecule has 0 aromatic carbocycles. The Balaban J connectivity index is 1.67. The molecule has 21 heavy (non-hydrogen) atoms. The van der Waals surface area contributed by atoms with Crippen molar-refractivity contribution in [1.29, 1.82) is 0 Å². The minimum absolute atomic E-state index is 0.0180. The smallest absolute Gasteiger partial charge is 0.239 e. The average Bonchev–Trinajstić information content (AvgIpc) is 3.05. The molecule has 2 saturated heterocycles. The number of nitrogens with one attached hydrogen (secondary N) is 2. The van der Waals surface area contributed by atoms with Crippen molar-refractivity contribution < 1.29 is 9.59 Å². The standard InChI is InChI=1S/C16H29N3O2/c1-2-3-4-9-18-15(20)13-7-11-19(12-8-13)16(21)14-6-5-10-17-14/h13-14,17H,2-12H2,1H3,(H,18,20). The summed E-state index contributed by atoms with van der Waals surface area (Å²) in [6.45, 7) is 5.35. The molecular formula is C16H29N3O2. The second-order valence-corrected chi connectivity index (χ2v) is 6.25. The minimum Gasteiger partial charge on any atom is -0.356 e. The predicted molar refractivity (Wildman–Crippen MR) is 82.9 cm³/mol. The Morgan fingerprint density at radius 1 is 1.19 bits per heavy atom. The van der Waals surface area contributed by atoms with E-state index in [4.69, 9.17) is 0 Å². The Labute approximate surface area is 127 Å². The lowest BCUT2D eigenvalue weighted by atomic mass is 9.95. The zero-order valence-corrected chi connectivity index (χ0v) is 13.2. The molecule has 2 aliphatic heterocycles. The van der Waals surface area contributed by atoms with Gasteiger partial charge >= 0.3 is 0 Å². The molecule has 0 spiro atoms. The normalized spacial score (nSPS) is 23.3. The molecule has 120 valence electrons. The number of hydrogen-bond acceptors (Lipinski definition) is 3. The van der Waals surface area contributed by atoms with Crippen molar-refractivity contribution in [1.82, 2.24) is 15.5 Å². The largest absolute Gasteiger partial charge is 0.356 e. The Hall–Kier alpha value is -1.10. The van der Waals surface area contributed by atoms with Crippen molar-refractivity contribution in [2.24, 2.45) is 5.92 Å². The fraction of sp³-hybridized carbons (Fsp3) is 0.875. The maximum absolute atomic E-state index is 12.3. The molecule has 1 unspecified atom stereocenters. The molecule has 0 aromatic heterocycles. The lowest BCUT2D eigenvalue weighted by Crippen LogP contribution is -2.48. The van der Waals surface area contributed by atoms with Crippen LogP contribution in [-0.4, -0.2) is 48.9 Å². The lowest BCUT2D eigenvalue weighted by Gasteiger charge is -2.33. The number of carbonyl (C=O) groups excluding carboxylic acids is 2. The molecule has 0 saturated carbocycles. The second kappa shape index (κ2) is 8.37. The van der Waals surface area contributed by atoms with Crippen LogP contribution in [0.15, 0.2) is 0 Å². The summed E-state index contributed by atoms with van der Waals surface area (Å²) in [6.07, 6.45) is 7.06. The summed E-state index contributed by atoms with van der Waals surface area (Å²) in [5.74, 6) is 0.499. The van der Waals surface area contributed by atoms with Crippen LogP contribution in [0.4, 0.5) is 0 Å². The summed E-state index contributed by atoms with van der Waals surface area (Å²) >= 11 is 0. The van der Waals surface area contributed by atoms with Crippen molar-refractivity contribution >= 4 is 11.8 Å². The van der Waals surface area contributed by atoms with E-state index in [0.29, 0.717) is 0 Å². The van der Waals surface area contributed by atoms with Gasteiger partial charge < -0.3 is 15.5 Å². The van der Waals surface area contributed by atoms with E-state index < -0.39 is 0 Å². The Kier molecular flexibility index (Phi) is 6.49. The van der Waals surface area contributed by atoms with E-state index in [1.807, 2.05) is 4.90 Å². The van der Waals surface area contributed by atoms with Crippen molar-refractivity contribution in [2.45, 2.75) is 57.9 Å². The van der Waals surface area contributed by atoms with Crippen molar-refractivity contribution in [3.63, 3.8) is 0 Å². The van der Waals surface area contributed by atoms with Crippen LogP contribution in [0, 0.1) is 5.92 Å². The number of piperidine rings is 1. The van der Waals surface area contributed by atoms with Gasteiger partial charge in [-0.25, -0.2) is 0 Å². The number of unbranched alkanes of at least 4 members (excludes halogenated alkanes) is 2. The second-order valence-electron chi connectivity index (χ2n) is 6.25. The van der Waals surface area contributed by atoms with Crippen LogP contribution in [0.2, 0.25) is 0 Å². The van der Waals surface area contributed by atoms with E-state index in [0.717, 1.165) is 58.3 Å². The van der Waals surface area contributed by atoms with Crippen LogP contribution in [0.25, 0.3) is 0 Å². The van der Waals surface area contributed by atoms with E-state index in [9.17, 15) is 9.59 Å². The maximum atomic E-state index is 12.3. The number of carbonyl (C=O) groups is 2. The molecular weight excluding hydrogens is 266 g/mol. The zero-order chi connectivity index (χ0) is 15.1. The first-order valence-corrected chi connectivity index (χ1v) is 8.52. The van der Waals surface area contributed by atoms with E-state index in [1.165, 1.54) is 12.8 Å². The van der Waals surface area contributed by atoms with E-state index in [2.05, 4.69) is 17.6 Å². The summed E-state index contributed by atoms with van der Waals surface area (Å²) in [6, 6.07) is 0.0180. The number of amides is 2. The predicted octanol–water partition coefficient (Wildman–Crippen LogP) is 1.28. The first-order chi connectivity index (χ1) is 10.2. The molecule has 0 radical (unpaired) electrons. The van der Waals surface area contributed by atoms with Gasteiger partial charge in [0.15, 0.2) is 0 Å². The van der Waals surface area contributed by atoms with Crippen LogP contribution in [0.3, 0.4) is 0 Å². The van der Waals surface area contributed by atoms with Gasteiger partial charge in [-0.2, -0.15) is 0 Å². The molecule has 0 bridgehead atoms. The fourth-order valence-corrected chi connectivity index (χ4v) is 3.21. The van der Waals surface area contributed by atoms with Gasteiger partial charge in [-0.05, 0) is 38.6 Å². The van der Waals surface area contributed by atoms with Gasteiger partial charge in [0.05, 0.1) is 6.04 Å². The maximum Gasteiger partial charge on any atom is 0.239 e. The first-order valence-electron chi connectivity index (χ1n) is 8.52. The number of hydrogen-bond donors (Lipinski definition) is 2. The highest BCUT2D eigenvalue weighted by atomic mass is 16.2. The van der Waals surface area contributed by atoms with Gasteiger partial charge in [0.2, 0.25) is 11.8 Å². The molecule has 0 aromatic rings. The van der Waals surface area contributed by atoms with Crippen molar-refractivity contribution in [3.05, 3.63) is 0 Å². The van der Waals surface area contributed by atoms with Crippen LogP contribution in [0.5, 0.6) is 0 Å². The zero-order valence-electron chi connectivity index (χ0n) is 13.2. The van der Waals surface area contributed by atoms with Gasteiger partial charge in [0.25, 0.3) is 0 Å². The molecule has 2 amide bonds. The number of nitrogens with zero attached hydrogens (tertiary/aromatic N) is 1. The third-order valence-electron chi connectivity index (χ3n) is 4.62. The van der Waals surface area contributed by atoms with Crippen LogP contribution < -0.4 is 10.6 Å². The lowest BCUT2D eigenvalue weighted by molar-refractivity contribution is -0.137.